The molecular formula is C13H18N2O2S. The third-order valence-corrected chi connectivity index (χ3v) is 4.42. The summed E-state index contributed by atoms with van der Waals surface area (Å²) in [6.07, 6.45) is 2.63. The lowest BCUT2D eigenvalue weighted by Gasteiger charge is -2.07. The molecule has 0 bridgehead atoms. The maximum atomic E-state index is 11.5. The molecule has 2 rings (SSSR count). The Morgan fingerprint density at radius 1 is 1.22 bits per heavy atom. The summed E-state index contributed by atoms with van der Waals surface area (Å²) < 4.78 is 27.7. The molecular weight excluding hydrogens is 248 g/mol. The van der Waals surface area contributed by atoms with E-state index in [9.17, 15) is 8.42 Å². The summed E-state index contributed by atoms with van der Waals surface area (Å²) in [6, 6.07) is 10.1. The molecule has 0 aliphatic rings. The highest BCUT2D eigenvalue weighted by Gasteiger charge is 2.07. The number of fused-ring (bicyclic) bond motifs is 1. The maximum absolute atomic E-state index is 11.5. The molecule has 5 heteroatoms. The third-order valence-electron chi connectivity index (χ3n) is 2.83. The highest BCUT2D eigenvalue weighted by molar-refractivity contribution is 7.89. The largest absolute Gasteiger partial charge is 0.346 e. The molecule has 0 saturated heterocycles. The quantitative estimate of drug-likeness (QED) is 0.869. The number of benzene rings is 1. The first-order valence-electron chi connectivity index (χ1n) is 6.13. The van der Waals surface area contributed by atoms with Gasteiger partial charge in [-0.15, -0.1) is 0 Å². The van der Waals surface area contributed by atoms with Crippen molar-refractivity contribution in [2.24, 2.45) is 0 Å². The van der Waals surface area contributed by atoms with E-state index >= 15 is 0 Å². The Hall–Kier alpha value is -1.33. The van der Waals surface area contributed by atoms with Crippen LogP contribution in [0.3, 0.4) is 0 Å². The summed E-state index contributed by atoms with van der Waals surface area (Å²) >= 11 is 0. The second kappa shape index (κ2) is 5.54. The number of nitrogens with zero attached hydrogens (tertiary/aromatic N) is 1. The zero-order valence-corrected chi connectivity index (χ0v) is 11.3. The minimum atomic E-state index is -3.10. The second-order valence-electron chi connectivity index (χ2n) is 4.28. The first-order valence-corrected chi connectivity index (χ1v) is 7.79. The number of rotatable bonds is 6. The van der Waals surface area contributed by atoms with E-state index in [2.05, 4.69) is 9.29 Å². The van der Waals surface area contributed by atoms with Gasteiger partial charge in [0.1, 0.15) is 0 Å². The minimum absolute atomic E-state index is 0.194. The van der Waals surface area contributed by atoms with Crippen molar-refractivity contribution in [3.05, 3.63) is 36.5 Å². The van der Waals surface area contributed by atoms with Gasteiger partial charge in [0.15, 0.2) is 0 Å². The van der Waals surface area contributed by atoms with E-state index in [0.29, 0.717) is 19.5 Å². The van der Waals surface area contributed by atoms with Gasteiger partial charge in [0.25, 0.3) is 0 Å². The fraction of sp³-hybridized carbons (Fsp3) is 0.385. The average Bonchev–Trinajstić information content (AvgIpc) is 2.73. The van der Waals surface area contributed by atoms with E-state index in [1.807, 2.05) is 43.5 Å². The molecule has 1 N–H and O–H groups in total. The molecule has 0 aliphatic carbocycles. The lowest BCUT2D eigenvalue weighted by atomic mass is 10.2. The zero-order valence-electron chi connectivity index (χ0n) is 10.5. The zero-order chi connectivity index (χ0) is 13.0. The highest BCUT2D eigenvalue weighted by atomic mass is 32.2. The first kappa shape index (κ1) is 13.1. The maximum Gasteiger partial charge on any atom is 0.211 e. The standard InChI is InChI=1S/C13H18N2O2S/c1-2-11-18(16,17)14-8-10-15-9-7-12-5-3-4-6-13(12)15/h3-7,9,14H,2,8,10-11H2,1H3. The van der Waals surface area contributed by atoms with Crippen molar-refractivity contribution in [1.29, 1.82) is 0 Å². The third kappa shape index (κ3) is 3.11. The van der Waals surface area contributed by atoms with Gasteiger partial charge in [-0.1, -0.05) is 25.1 Å². The van der Waals surface area contributed by atoms with Gasteiger partial charge in [0.05, 0.1) is 5.75 Å². The van der Waals surface area contributed by atoms with Crippen molar-refractivity contribution in [2.75, 3.05) is 12.3 Å². The molecule has 2 aromatic rings. The van der Waals surface area contributed by atoms with Crippen molar-refractivity contribution in [3.63, 3.8) is 0 Å². The molecule has 0 spiro atoms. The molecule has 0 radical (unpaired) electrons. The van der Waals surface area contributed by atoms with E-state index in [-0.39, 0.29) is 5.75 Å². The van der Waals surface area contributed by atoms with Crippen LogP contribution >= 0.6 is 0 Å². The molecule has 0 fully saturated rings. The molecule has 18 heavy (non-hydrogen) atoms. The summed E-state index contributed by atoms with van der Waals surface area (Å²) in [5.74, 6) is 0.194. The predicted octanol–water partition coefficient (Wildman–Crippen LogP) is 1.97. The van der Waals surface area contributed by atoms with Crippen molar-refractivity contribution in [2.45, 2.75) is 19.9 Å². The van der Waals surface area contributed by atoms with Crippen molar-refractivity contribution in [1.82, 2.24) is 9.29 Å². The lowest BCUT2D eigenvalue weighted by molar-refractivity contribution is 0.573. The van der Waals surface area contributed by atoms with Crippen molar-refractivity contribution < 1.29 is 8.42 Å². The number of sulfonamides is 1. The Kier molecular flexibility index (Phi) is 4.04. The van der Waals surface area contributed by atoms with Crippen LogP contribution in [0, 0.1) is 0 Å². The van der Waals surface area contributed by atoms with E-state index < -0.39 is 10.0 Å². The van der Waals surface area contributed by atoms with Crippen molar-refractivity contribution in [3.8, 4) is 0 Å². The van der Waals surface area contributed by atoms with E-state index in [1.165, 1.54) is 5.39 Å². The van der Waals surface area contributed by atoms with Gasteiger partial charge in [0, 0.05) is 24.8 Å². The lowest BCUT2D eigenvalue weighted by Crippen LogP contribution is -2.29. The topological polar surface area (TPSA) is 51.1 Å². The van der Waals surface area contributed by atoms with Gasteiger partial charge >= 0.3 is 0 Å². The van der Waals surface area contributed by atoms with E-state index in [0.717, 1.165) is 5.52 Å². The Balaban J connectivity index is 1.99. The van der Waals surface area contributed by atoms with E-state index in [1.54, 1.807) is 0 Å². The van der Waals surface area contributed by atoms with Crippen LogP contribution in [-0.2, 0) is 16.6 Å². The summed E-state index contributed by atoms with van der Waals surface area (Å²) in [4.78, 5) is 0. The first-order chi connectivity index (χ1) is 8.62. The Morgan fingerprint density at radius 3 is 2.78 bits per heavy atom. The number of aromatic nitrogens is 1. The van der Waals surface area contributed by atoms with Gasteiger partial charge in [0.2, 0.25) is 10.0 Å². The van der Waals surface area contributed by atoms with Crippen LogP contribution in [0.4, 0.5) is 0 Å². The summed E-state index contributed by atoms with van der Waals surface area (Å²) in [5.41, 5.74) is 1.13. The van der Waals surface area contributed by atoms with Gasteiger partial charge in [-0.05, 0) is 23.9 Å². The smallest absolute Gasteiger partial charge is 0.211 e. The van der Waals surface area contributed by atoms with Crippen LogP contribution in [0.15, 0.2) is 36.5 Å². The molecule has 0 amide bonds. The van der Waals surface area contributed by atoms with Gasteiger partial charge in [-0.2, -0.15) is 0 Å². The van der Waals surface area contributed by atoms with Crippen LogP contribution in [0.5, 0.6) is 0 Å². The van der Waals surface area contributed by atoms with Crippen molar-refractivity contribution >= 4 is 20.9 Å². The molecule has 0 unspecified atom stereocenters. The molecule has 0 saturated carbocycles. The number of para-hydroxylation sites is 1. The van der Waals surface area contributed by atoms with E-state index in [4.69, 9.17) is 0 Å². The Bertz CT molecular complexity index is 617. The summed E-state index contributed by atoms with van der Waals surface area (Å²) in [7, 11) is -3.10. The number of hydrogen-bond donors (Lipinski definition) is 1. The van der Waals surface area contributed by atoms with Crippen LogP contribution < -0.4 is 4.72 Å². The fourth-order valence-corrected chi connectivity index (χ4v) is 3.08. The summed E-state index contributed by atoms with van der Waals surface area (Å²) in [5, 5.41) is 1.17. The number of hydrogen-bond acceptors (Lipinski definition) is 2. The number of nitrogens with one attached hydrogen (secondary N) is 1. The molecule has 0 aliphatic heterocycles. The fourth-order valence-electron chi connectivity index (χ4n) is 2.00. The second-order valence-corrected chi connectivity index (χ2v) is 6.21. The summed E-state index contributed by atoms with van der Waals surface area (Å²) in [6.45, 7) is 2.94. The average molecular weight is 266 g/mol. The van der Waals surface area contributed by atoms with Crippen LogP contribution in [0.2, 0.25) is 0 Å². The Labute approximate surface area is 108 Å². The Morgan fingerprint density at radius 2 is 2.00 bits per heavy atom. The SMILES string of the molecule is CCCS(=O)(=O)NCCn1ccc2ccccc21. The molecule has 4 nitrogen and oxygen atoms in total. The van der Waals surface area contributed by atoms with Gasteiger partial charge < -0.3 is 4.57 Å². The van der Waals surface area contributed by atoms with Gasteiger partial charge in [-0.3, -0.25) is 0 Å². The van der Waals surface area contributed by atoms with Gasteiger partial charge in [-0.25, -0.2) is 13.1 Å². The molecule has 1 aromatic carbocycles. The molecule has 1 aromatic heterocycles. The molecule has 98 valence electrons. The molecule has 0 atom stereocenters. The molecule has 1 heterocycles. The predicted molar refractivity (Wildman–Crippen MR) is 74.0 cm³/mol. The normalized spacial score (nSPS) is 12.1. The van der Waals surface area contributed by atoms with Crippen LogP contribution in [-0.4, -0.2) is 25.3 Å². The monoisotopic (exact) mass is 266 g/mol. The van der Waals surface area contributed by atoms with Crippen LogP contribution in [0.25, 0.3) is 10.9 Å². The minimum Gasteiger partial charge on any atom is -0.346 e. The highest BCUT2D eigenvalue weighted by Crippen LogP contribution is 2.14. The van der Waals surface area contributed by atoms with Crippen LogP contribution in [0.1, 0.15) is 13.3 Å².